The highest BCUT2D eigenvalue weighted by Crippen LogP contribution is 2.27. The monoisotopic (exact) mass is 540 g/mol. The fourth-order valence-electron chi connectivity index (χ4n) is 3.93. The van der Waals surface area contributed by atoms with Crippen molar-refractivity contribution >= 4 is 35.0 Å². The number of ether oxygens (including phenoxy) is 1. The summed E-state index contributed by atoms with van der Waals surface area (Å²) in [7, 11) is 0. The summed E-state index contributed by atoms with van der Waals surface area (Å²) in [6.07, 6.45) is 1.10. The van der Waals surface area contributed by atoms with E-state index in [1.807, 2.05) is 76.2 Å². The van der Waals surface area contributed by atoms with Gasteiger partial charge < -0.3 is 15.0 Å². The van der Waals surface area contributed by atoms with Crippen LogP contribution in [0.2, 0.25) is 10.0 Å². The van der Waals surface area contributed by atoms with E-state index in [2.05, 4.69) is 5.32 Å². The van der Waals surface area contributed by atoms with Gasteiger partial charge in [0.2, 0.25) is 5.91 Å². The number of rotatable bonds is 11. The first kappa shape index (κ1) is 28.5. The molecule has 2 amide bonds. The standard InChI is InChI=1S/C30H34Cl2N2O3/c1-5-22(4)33-30(36)27(17-23-10-7-6-8-11-23)34(18-24-25(31)12-9-13-26(24)32)29(35)19-37-28-16-20(2)14-15-21(28)3/h6-16,22,27H,5,17-19H2,1-4H3,(H,33,36)/t22-,27+/m1/s1. The highest BCUT2D eigenvalue weighted by molar-refractivity contribution is 6.36. The van der Waals surface area contributed by atoms with Crippen molar-refractivity contribution < 1.29 is 14.3 Å². The molecule has 0 aliphatic carbocycles. The molecule has 0 unspecified atom stereocenters. The minimum absolute atomic E-state index is 0.0437. The summed E-state index contributed by atoms with van der Waals surface area (Å²) in [5, 5.41) is 3.91. The maximum Gasteiger partial charge on any atom is 0.261 e. The number of carbonyl (C=O) groups excluding carboxylic acids is 2. The van der Waals surface area contributed by atoms with Gasteiger partial charge in [-0.15, -0.1) is 0 Å². The summed E-state index contributed by atoms with van der Waals surface area (Å²) < 4.78 is 5.95. The van der Waals surface area contributed by atoms with Crippen LogP contribution in [-0.2, 0) is 22.6 Å². The van der Waals surface area contributed by atoms with Gasteiger partial charge >= 0.3 is 0 Å². The van der Waals surface area contributed by atoms with Gasteiger partial charge in [-0.2, -0.15) is 0 Å². The lowest BCUT2D eigenvalue weighted by atomic mass is 10.0. The predicted octanol–water partition coefficient (Wildman–Crippen LogP) is 6.54. The van der Waals surface area contributed by atoms with E-state index in [0.29, 0.717) is 27.8 Å². The Morgan fingerprint density at radius 3 is 2.30 bits per heavy atom. The second-order valence-electron chi connectivity index (χ2n) is 9.30. The zero-order valence-electron chi connectivity index (χ0n) is 21.8. The molecule has 7 heteroatoms. The van der Waals surface area contributed by atoms with Crippen molar-refractivity contribution in [2.24, 2.45) is 0 Å². The summed E-state index contributed by atoms with van der Waals surface area (Å²) in [6.45, 7) is 7.68. The third kappa shape index (κ3) is 7.98. The molecule has 0 aliphatic rings. The summed E-state index contributed by atoms with van der Waals surface area (Å²) in [4.78, 5) is 28.9. The number of halogens is 2. The van der Waals surface area contributed by atoms with Gasteiger partial charge in [-0.05, 0) is 62.1 Å². The Labute approximate surface area is 229 Å². The number of nitrogens with zero attached hydrogens (tertiary/aromatic N) is 1. The predicted molar refractivity (Wildman–Crippen MR) is 150 cm³/mol. The van der Waals surface area contributed by atoms with E-state index in [4.69, 9.17) is 27.9 Å². The number of benzene rings is 3. The van der Waals surface area contributed by atoms with Crippen LogP contribution in [0.1, 0.15) is 42.5 Å². The van der Waals surface area contributed by atoms with Gasteiger partial charge in [0.1, 0.15) is 11.8 Å². The average molecular weight is 542 g/mol. The zero-order valence-corrected chi connectivity index (χ0v) is 23.3. The van der Waals surface area contributed by atoms with Crippen LogP contribution in [0.4, 0.5) is 0 Å². The normalized spacial score (nSPS) is 12.5. The van der Waals surface area contributed by atoms with Gasteiger partial charge in [-0.3, -0.25) is 9.59 Å². The number of hydrogen-bond acceptors (Lipinski definition) is 3. The average Bonchev–Trinajstić information content (AvgIpc) is 2.88. The van der Waals surface area contributed by atoms with Crippen LogP contribution in [0.3, 0.4) is 0 Å². The molecule has 5 nitrogen and oxygen atoms in total. The van der Waals surface area contributed by atoms with Crippen LogP contribution in [0.5, 0.6) is 5.75 Å². The molecule has 0 fully saturated rings. The van der Waals surface area contributed by atoms with E-state index >= 15 is 0 Å². The van der Waals surface area contributed by atoms with Crippen molar-refractivity contribution in [3.8, 4) is 5.75 Å². The Hall–Kier alpha value is -3.02. The van der Waals surface area contributed by atoms with Gasteiger partial charge in [0.05, 0.1) is 0 Å². The molecule has 0 saturated carbocycles. The topological polar surface area (TPSA) is 58.6 Å². The highest BCUT2D eigenvalue weighted by Gasteiger charge is 2.32. The molecular formula is C30H34Cl2N2O3. The van der Waals surface area contributed by atoms with E-state index < -0.39 is 6.04 Å². The first-order chi connectivity index (χ1) is 17.7. The lowest BCUT2D eigenvalue weighted by Crippen LogP contribution is -2.53. The minimum Gasteiger partial charge on any atom is -0.483 e. The third-order valence-corrected chi connectivity index (χ3v) is 7.07. The Balaban J connectivity index is 1.98. The number of nitrogens with one attached hydrogen (secondary N) is 1. The van der Waals surface area contributed by atoms with Crippen LogP contribution in [0.15, 0.2) is 66.7 Å². The van der Waals surface area contributed by atoms with Gasteiger partial charge in [-0.25, -0.2) is 0 Å². The minimum atomic E-state index is -0.793. The smallest absolute Gasteiger partial charge is 0.261 e. The SMILES string of the molecule is CC[C@@H](C)NC(=O)[C@H](Cc1ccccc1)N(Cc1c(Cl)cccc1Cl)C(=O)COc1cc(C)ccc1C. The second kappa shape index (κ2) is 13.5. The van der Waals surface area contributed by atoms with E-state index in [0.717, 1.165) is 23.1 Å². The van der Waals surface area contributed by atoms with Crippen molar-refractivity contribution in [2.75, 3.05) is 6.61 Å². The molecule has 3 rings (SSSR count). The molecule has 1 N–H and O–H groups in total. The van der Waals surface area contributed by atoms with E-state index in [1.54, 1.807) is 18.2 Å². The van der Waals surface area contributed by atoms with E-state index in [9.17, 15) is 9.59 Å². The Morgan fingerprint density at radius 1 is 0.973 bits per heavy atom. The molecule has 37 heavy (non-hydrogen) atoms. The molecule has 2 atom stereocenters. The molecule has 0 bridgehead atoms. The third-order valence-electron chi connectivity index (χ3n) is 6.36. The summed E-state index contributed by atoms with van der Waals surface area (Å²) in [6, 6.07) is 19.8. The summed E-state index contributed by atoms with van der Waals surface area (Å²) in [5.41, 5.74) is 3.47. The molecule has 3 aromatic rings. The van der Waals surface area contributed by atoms with E-state index in [-0.39, 0.29) is 31.0 Å². The molecule has 196 valence electrons. The largest absolute Gasteiger partial charge is 0.483 e. The second-order valence-corrected chi connectivity index (χ2v) is 10.1. The molecule has 0 heterocycles. The fourth-order valence-corrected chi connectivity index (χ4v) is 4.45. The van der Waals surface area contributed by atoms with Crippen LogP contribution in [0.25, 0.3) is 0 Å². The first-order valence-corrected chi connectivity index (χ1v) is 13.2. The number of aryl methyl sites for hydroxylation is 2. The lowest BCUT2D eigenvalue weighted by molar-refractivity contribution is -0.143. The van der Waals surface area contributed by atoms with Crippen LogP contribution in [-0.4, -0.2) is 35.4 Å². The fraction of sp³-hybridized carbons (Fsp3) is 0.333. The Kier molecular flexibility index (Phi) is 10.4. The molecular weight excluding hydrogens is 507 g/mol. The van der Waals surface area contributed by atoms with Crippen LogP contribution in [0, 0.1) is 13.8 Å². The van der Waals surface area contributed by atoms with Crippen molar-refractivity contribution in [3.63, 3.8) is 0 Å². The first-order valence-electron chi connectivity index (χ1n) is 12.5. The lowest BCUT2D eigenvalue weighted by Gasteiger charge is -2.32. The number of hydrogen-bond donors (Lipinski definition) is 1. The molecule has 0 radical (unpaired) electrons. The molecule has 3 aromatic carbocycles. The van der Waals surface area contributed by atoms with Gasteiger partial charge in [0.25, 0.3) is 5.91 Å². The van der Waals surface area contributed by atoms with Crippen LogP contribution < -0.4 is 10.1 Å². The Bertz CT molecular complexity index is 1200. The molecule has 0 saturated heterocycles. The number of carbonyl (C=O) groups is 2. The van der Waals surface area contributed by atoms with Gasteiger partial charge in [0.15, 0.2) is 6.61 Å². The van der Waals surface area contributed by atoms with Crippen molar-refractivity contribution in [2.45, 2.75) is 59.2 Å². The summed E-state index contributed by atoms with van der Waals surface area (Å²) >= 11 is 13.0. The van der Waals surface area contributed by atoms with Crippen molar-refractivity contribution in [1.29, 1.82) is 0 Å². The van der Waals surface area contributed by atoms with E-state index in [1.165, 1.54) is 4.90 Å². The molecule has 0 aliphatic heterocycles. The maximum absolute atomic E-state index is 13.8. The molecule has 0 spiro atoms. The molecule has 0 aromatic heterocycles. The highest BCUT2D eigenvalue weighted by atomic mass is 35.5. The maximum atomic E-state index is 13.8. The van der Waals surface area contributed by atoms with Gasteiger partial charge in [-0.1, -0.05) is 78.7 Å². The quantitative estimate of drug-likeness (QED) is 0.300. The van der Waals surface area contributed by atoms with Crippen molar-refractivity contribution in [1.82, 2.24) is 10.2 Å². The van der Waals surface area contributed by atoms with Crippen molar-refractivity contribution in [3.05, 3.63) is 99.0 Å². The Morgan fingerprint density at radius 2 is 1.65 bits per heavy atom. The zero-order chi connectivity index (χ0) is 26.9. The van der Waals surface area contributed by atoms with Crippen LogP contribution >= 0.6 is 23.2 Å². The number of amides is 2. The van der Waals surface area contributed by atoms with Gasteiger partial charge in [0, 0.05) is 34.6 Å². The summed E-state index contributed by atoms with van der Waals surface area (Å²) in [5.74, 6) is 0.0614.